The molecule has 0 heterocycles. The number of carbonyl (C=O) groups is 2. The van der Waals surface area contributed by atoms with Gasteiger partial charge in [-0.2, -0.15) is 0 Å². The van der Waals surface area contributed by atoms with Crippen molar-refractivity contribution in [3.05, 3.63) is 38.9 Å². The quantitative estimate of drug-likeness (QED) is 0.640. The Kier molecular flexibility index (Phi) is 6.10. The second-order valence-electron chi connectivity index (χ2n) is 4.19. The molecule has 0 aliphatic heterocycles. The molecule has 0 saturated heterocycles. The summed E-state index contributed by atoms with van der Waals surface area (Å²) < 4.78 is 0. The molecule has 8 heteroatoms. The largest absolute Gasteiger partial charge is 0.355 e. The number of nitro groups is 1. The predicted octanol–water partition coefficient (Wildman–Crippen LogP) is 1.85. The van der Waals surface area contributed by atoms with Crippen LogP contribution in [0.3, 0.4) is 0 Å². The fourth-order valence-corrected chi connectivity index (χ4v) is 1.97. The molecular weight excluding hydrogens is 298 g/mol. The summed E-state index contributed by atoms with van der Waals surface area (Å²) in [7, 11) is 0. The Labute approximate surface area is 127 Å². The third-order valence-corrected chi connectivity index (χ3v) is 3.08. The number of hydrogen-bond donors (Lipinski definition) is 1. The Balaban J connectivity index is 2.95. The maximum atomic E-state index is 12.3. The van der Waals surface area contributed by atoms with Crippen molar-refractivity contribution >= 4 is 29.1 Å². The number of nitro benzene ring substituents is 1. The van der Waals surface area contributed by atoms with Crippen LogP contribution in [0, 0.1) is 10.1 Å². The van der Waals surface area contributed by atoms with Crippen molar-refractivity contribution in [2.45, 2.75) is 13.8 Å². The van der Waals surface area contributed by atoms with Crippen LogP contribution in [0.2, 0.25) is 5.02 Å². The molecule has 1 N–H and O–H groups in total. The predicted molar refractivity (Wildman–Crippen MR) is 78.4 cm³/mol. The molecule has 1 aromatic carbocycles. The van der Waals surface area contributed by atoms with Crippen molar-refractivity contribution < 1.29 is 14.5 Å². The minimum atomic E-state index is -0.591. The van der Waals surface area contributed by atoms with Gasteiger partial charge in [-0.15, -0.1) is 0 Å². The Morgan fingerprint density at radius 2 is 2.05 bits per heavy atom. The van der Waals surface area contributed by atoms with Crippen LogP contribution in [0.4, 0.5) is 5.69 Å². The molecule has 114 valence electrons. The van der Waals surface area contributed by atoms with E-state index in [9.17, 15) is 19.7 Å². The first kappa shape index (κ1) is 16.9. The first-order valence-corrected chi connectivity index (χ1v) is 6.78. The van der Waals surface area contributed by atoms with Gasteiger partial charge < -0.3 is 10.2 Å². The number of amides is 2. The number of non-ortho nitro benzene ring substituents is 1. The van der Waals surface area contributed by atoms with Gasteiger partial charge in [-0.05, 0) is 19.9 Å². The van der Waals surface area contributed by atoms with Crippen LogP contribution in [0.15, 0.2) is 18.2 Å². The molecule has 0 saturated carbocycles. The van der Waals surface area contributed by atoms with Crippen LogP contribution in [0.25, 0.3) is 0 Å². The fraction of sp³-hybridized carbons (Fsp3) is 0.385. The Bertz CT molecular complexity index is 562. The van der Waals surface area contributed by atoms with Gasteiger partial charge in [0, 0.05) is 25.2 Å². The van der Waals surface area contributed by atoms with Crippen LogP contribution >= 0.6 is 11.6 Å². The van der Waals surface area contributed by atoms with Gasteiger partial charge in [-0.1, -0.05) is 11.6 Å². The van der Waals surface area contributed by atoms with Gasteiger partial charge in [0.2, 0.25) is 5.91 Å². The number of likely N-dealkylation sites (N-methyl/N-ethyl adjacent to an activating group) is 2. The molecule has 7 nitrogen and oxygen atoms in total. The van der Waals surface area contributed by atoms with Crippen molar-refractivity contribution in [2.24, 2.45) is 0 Å². The second-order valence-corrected chi connectivity index (χ2v) is 4.60. The highest BCUT2D eigenvalue weighted by molar-refractivity contribution is 6.34. The minimum absolute atomic E-state index is 0.0106. The average Bonchev–Trinajstić information content (AvgIpc) is 2.44. The van der Waals surface area contributed by atoms with Crippen LogP contribution in [0.5, 0.6) is 0 Å². The smallest absolute Gasteiger partial charge is 0.270 e. The molecule has 0 aliphatic rings. The maximum absolute atomic E-state index is 12.3. The number of benzene rings is 1. The lowest BCUT2D eigenvalue weighted by Gasteiger charge is -2.20. The topological polar surface area (TPSA) is 92.6 Å². The summed E-state index contributed by atoms with van der Waals surface area (Å²) >= 11 is 5.91. The Morgan fingerprint density at radius 3 is 2.52 bits per heavy atom. The molecule has 0 atom stereocenters. The standard InChI is InChI=1S/C13H16ClN3O4/c1-3-15-12(18)8-16(4-2)13(19)10-6-5-9(17(20)21)7-11(10)14/h5-7H,3-4,8H2,1-2H3,(H,15,18). The highest BCUT2D eigenvalue weighted by Gasteiger charge is 2.21. The van der Waals surface area contributed by atoms with Gasteiger partial charge in [-0.25, -0.2) is 0 Å². The van der Waals surface area contributed by atoms with Crippen molar-refractivity contribution in [3.8, 4) is 0 Å². The second kappa shape index (κ2) is 7.58. The molecule has 0 unspecified atom stereocenters. The molecule has 21 heavy (non-hydrogen) atoms. The fourth-order valence-electron chi connectivity index (χ4n) is 1.72. The number of hydrogen-bond acceptors (Lipinski definition) is 4. The minimum Gasteiger partial charge on any atom is -0.355 e. The SMILES string of the molecule is CCNC(=O)CN(CC)C(=O)c1ccc([N+](=O)[O-])cc1Cl. The van der Waals surface area contributed by atoms with E-state index in [-0.39, 0.29) is 28.7 Å². The molecule has 0 bridgehead atoms. The molecule has 1 aromatic rings. The van der Waals surface area contributed by atoms with E-state index >= 15 is 0 Å². The van der Waals surface area contributed by atoms with Gasteiger partial charge in [0.05, 0.1) is 22.1 Å². The lowest BCUT2D eigenvalue weighted by molar-refractivity contribution is -0.384. The van der Waals surface area contributed by atoms with E-state index in [0.29, 0.717) is 13.1 Å². The van der Waals surface area contributed by atoms with Gasteiger partial charge in [0.25, 0.3) is 11.6 Å². The van der Waals surface area contributed by atoms with Crippen molar-refractivity contribution in [1.29, 1.82) is 0 Å². The van der Waals surface area contributed by atoms with Crippen molar-refractivity contribution in [1.82, 2.24) is 10.2 Å². The van der Waals surface area contributed by atoms with E-state index in [1.165, 1.54) is 17.0 Å². The van der Waals surface area contributed by atoms with Crippen molar-refractivity contribution in [2.75, 3.05) is 19.6 Å². The summed E-state index contributed by atoms with van der Waals surface area (Å²) in [6.45, 7) is 4.22. The first-order chi connectivity index (χ1) is 9.90. The van der Waals surface area contributed by atoms with E-state index in [1.807, 2.05) is 0 Å². The normalized spacial score (nSPS) is 10.0. The molecular formula is C13H16ClN3O4. The van der Waals surface area contributed by atoms with Gasteiger partial charge in [0.1, 0.15) is 0 Å². The first-order valence-electron chi connectivity index (χ1n) is 6.40. The number of carbonyl (C=O) groups excluding carboxylic acids is 2. The van der Waals surface area contributed by atoms with Gasteiger partial charge in [-0.3, -0.25) is 19.7 Å². The summed E-state index contributed by atoms with van der Waals surface area (Å²) in [4.78, 5) is 35.2. The van der Waals surface area contributed by atoms with Crippen LogP contribution in [-0.2, 0) is 4.79 Å². The summed E-state index contributed by atoms with van der Waals surface area (Å²) in [5.41, 5.74) is -0.0586. The number of halogens is 1. The lowest BCUT2D eigenvalue weighted by Crippen LogP contribution is -2.40. The third kappa shape index (κ3) is 4.42. The molecule has 0 fully saturated rings. The zero-order valence-electron chi connectivity index (χ0n) is 11.8. The van der Waals surface area contributed by atoms with Crippen LogP contribution in [0.1, 0.15) is 24.2 Å². The zero-order valence-corrected chi connectivity index (χ0v) is 12.5. The molecule has 0 spiro atoms. The zero-order chi connectivity index (χ0) is 16.0. The Hall–Kier alpha value is -2.15. The molecule has 2 amide bonds. The van der Waals surface area contributed by atoms with E-state index < -0.39 is 10.8 Å². The maximum Gasteiger partial charge on any atom is 0.270 e. The van der Waals surface area contributed by atoms with E-state index in [0.717, 1.165) is 6.07 Å². The van der Waals surface area contributed by atoms with E-state index in [1.54, 1.807) is 13.8 Å². The molecule has 0 aliphatic carbocycles. The van der Waals surface area contributed by atoms with Crippen molar-refractivity contribution in [3.63, 3.8) is 0 Å². The lowest BCUT2D eigenvalue weighted by atomic mass is 10.1. The monoisotopic (exact) mass is 313 g/mol. The Morgan fingerprint density at radius 1 is 1.38 bits per heavy atom. The highest BCUT2D eigenvalue weighted by Crippen LogP contribution is 2.23. The summed E-state index contributed by atoms with van der Waals surface area (Å²) in [5, 5.41) is 13.2. The number of rotatable bonds is 6. The van der Waals surface area contributed by atoms with Crippen LogP contribution < -0.4 is 5.32 Å². The third-order valence-electron chi connectivity index (χ3n) is 2.77. The molecule has 0 radical (unpaired) electrons. The summed E-state index contributed by atoms with van der Waals surface area (Å²) in [6.07, 6.45) is 0. The molecule has 0 aromatic heterocycles. The van der Waals surface area contributed by atoms with E-state index in [4.69, 9.17) is 11.6 Å². The number of nitrogens with one attached hydrogen (secondary N) is 1. The number of nitrogens with zero attached hydrogens (tertiary/aromatic N) is 2. The van der Waals surface area contributed by atoms with E-state index in [2.05, 4.69) is 5.32 Å². The molecule has 1 rings (SSSR count). The highest BCUT2D eigenvalue weighted by atomic mass is 35.5. The summed E-state index contributed by atoms with van der Waals surface area (Å²) in [6, 6.07) is 3.62. The summed E-state index contributed by atoms with van der Waals surface area (Å²) in [5.74, 6) is -0.714. The van der Waals surface area contributed by atoms with Crippen LogP contribution in [-0.4, -0.2) is 41.3 Å². The van der Waals surface area contributed by atoms with Gasteiger partial charge in [0.15, 0.2) is 0 Å². The average molecular weight is 314 g/mol. The van der Waals surface area contributed by atoms with Gasteiger partial charge >= 0.3 is 0 Å².